The highest BCUT2D eigenvalue weighted by molar-refractivity contribution is 6.30. The lowest BCUT2D eigenvalue weighted by atomic mass is 9.95. The van der Waals surface area contributed by atoms with Gasteiger partial charge in [-0.2, -0.15) is 0 Å². The Morgan fingerprint density at radius 3 is 2.30 bits per heavy atom. The first-order valence-corrected chi connectivity index (χ1v) is 6.99. The summed E-state index contributed by atoms with van der Waals surface area (Å²) in [5.74, 6) is 0. The van der Waals surface area contributed by atoms with E-state index in [1.807, 2.05) is 42.5 Å². The summed E-state index contributed by atoms with van der Waals surface area (Å²) >= 11 is 5.92. The van der Waals surface area contributed by atoms with E-state index in [1.165, 1.54) is 0 Å². The fourth-order valence-electron chi connectivity index (χ4n) is 2.04. The molecule has 2 aromatic carbocycles. The van der Waals surface area contributed by atoms with E-state index in [1.54, 1.807) is 0 Å². The van der Waals surface area contributed by atoms with Crippen molar-refractivity contribution in [2.45, 2.75) is 6.42 Å². The first-order valence-electron chi connectivity index (χ1n) is 6.61. The smallest absolute Gasteiger partial charge is 0.0406 e. The minimum absolute atomic E-state index is 0.601. The van der Waals surface area contributed by atoms with Crippen LogP contribution in [0.4, 0.5) is 0 Å². The van der Waals surface area contributed by atoms with Gasteiger partial charge in [-0.15, -0.1) is 0 Å². The Hall–Kier alpha value is -1.83. The molecular weight excluding hydrogens is 266 g/mol. The monoisotopic (exact) mass is 283 g/mol. The molecule has 0 spiro atoms. The second-order valence-corrected chi connectivity index (χ2v) is 5.05. The van der Waals surface area contributed by atoms with Crippen molar-refractivity contribution in [3.63, 3.8) is 0 Å². The molecule has 0 saturated carbocycles. The molecule has 1 nitrogen and oxygen atoms in total. The molecule has 20 heavy (non-hydrogen) atoms. The number of nitrogens with two attached hydrogens (primary N) is 1. The third-order valence-electron chi connectivity index (χ3n) is 3.09. The van der Waals surface area contributed by atoms with Gasteiger partial charge < -0.3 is 5.73 Å². The lowest BCUT2D eigenvalue weighted by Gasteiger charge is -2.11. The van der Waals surface area contributed by atoms with E-state index in [4.69, 9.17) is 17.3 Å². The Kier molecular flexibility index (Phi) is 5.16. The SMILES string of the molecule is C=C(CCN)/C(=C\c1ccc(Cl)cc1)c1ccccc1. The molecule has 0 amide bonds. The zero-order valence-corrected chi connectivity index (χ0v) is 12.1. The molecule has 0 heterocycles. The number of allylic oxidation sites excluding steroid dienone is 1. The Morgan fingerprint density at radius 1 is 1.05 bits per heavy atom. The maximum atomic E-state index is 5.92. The lowest BCUT2D eigenvalue weighted by molar-refractivity contribution is 0.982. The third-order valence-corrected chi connectivity index (χ3v) is 3.34. The normalized spacial score (nSPS) is 11.4. The summed E-state index contributed by atoms with van der Waals surface area (Å²) in [6, 6.07) is 18.0. The predicted octanol–water partition coefficient (Wildman–Crippen LogP) is 4.79. The average molecular weight is 284 g/mol. The van der Waals surface area contributed by atoms with Gasteiger partial charge in [0, 0.05) is 5.02 Å². The molecule has 0 bridgehead atoms. The van der Waals surface area contributed by atoms with E-state index in [-0.39, 0.29) is 0 Å². The van der Waals surface area contributed by atoms with Gasteiger partial charge in [0.15, 0.2) is 0 Å². The van der Waals surface area contributed by atoms with Gasteiger partial charge in [0.05, 0.1) is 0 Å². The molecule has 2 aromatic rings. The van der Waals surface area contributed by atoms with Crippen LogP contribution in [0.5, 0.6) is 0 Å². The van der Waals surface area contributed by atoms with Gasteiger partial charge in [-0.25, -0.2) is 0 Å². The summed E-state index contributed by atoms with van der Waals surface area (Å²) in [6.07, 6.45) is 2.91. The molecule has 0 aliphatic carbocycles. The predicted molar refractivity (Wildman–Crippen MR) is 88.6 cm³/mol. The number of hydrogen-bond donors (Lipinski definition) is 1. The summed E-state index contributed by atoms with van der Waals surface area (Å²) < 4.78 is 0. The second kappa shape index (κ2) is 7.09. The molecular formula is C18H18ClN. The van der Waals surface area contributed by atoms with Crippen molar-refractivity contribution >= 4 is 23.3 Å². The third kappa shape index (κ3) is 3.83. The molecule has 2 N–H and O–H groups in total. The van der Waals surface area contributed by atoms with E-state index in [2.05, 4.69) is 24.8 Å². The van der Waals surface area contributed by atoms with Crippen LogP contribution in [0.3, 0.4) is 0 Å². The van der Waals surface area contributed by atoms with Crippen molar-refractivity contribution in [2.75, 3.05) is 6.54 Å². The highest BCUT2D eigenvalue weighted by Gasteiger charge is 2.05. The van der Waals surface area contributed by atoms with E-state index in [0.717, 1.165) is 33.7 Å². The molecule has 0 aliphatic heterocycles. The van der Waals surface area contributed by atoms with Gasteiger partial charge in [-0.1, -0.05) is 60.6 Å². The maximum absolute atomic E-state index is 5.92. The zero-order valence-electron chi connectivity index (χ0n) is 11.4. The van der Waals surface area contributed by atoms with Crippen LogP contribution in [0.2, 0.25) is 5.02 Å². The fourth-order valence-corrected chi connectivity index (χ4v) is 2.17. The minimum atomic E-state index is 0.601. The van der Waals surface area contributed by atoms with Crippen molar-refractivity contribution in [1.82, 2.24) is 0 Å². The summed E-state index contributed by atoms with van der Waals surface area (Å²) in [5, 5.41) is 0.740. The quantitative estimate of drug-likeness (QED) is 0.620. The molecule has 0 radical (unpaired) electrons. The van der Waals surface area contributed by atoms with Gasteiger partial charge >= 0.3 is 0 Å². The van der Waals surface area contributed by atoms with Gasteiger partial charge in [0.25, 0.3) is 0 Å². The van der Waals surface area contributed by atoms with Crippen LogP contribution in [-0.2, 0) is 0 Å². The lowest BCUT2D eigenvalue weighted by Crippen LogP contribution is -2.01. The van der Waals surface area contributed by atoms with Crippen LogP contribution in [0.1, 0.15) is 17.5 Å². The largest absolute Gasteiger partial charge is 0.330 e. The molecule has 0 unspecified atom stereocenters. The second-order valence-electron chi connectivity index (χ2n) is 4.62. The molecule has 2 rings (SSSR count). The zero-order chi connectivity index (χ0) is 14.4. The molecule has 0 atom stereocenters. The summed E-state index contributed by atoms with van der Waals surface area (Å²) in [4.78, 5) is 0. The van der Waals surface area contributed by atoms with Crippen LogP contribution in [-0.4, -0.2) is 6.54 Å². The van der Waals surface area contributed by atoms with Crippen molar-refractivity contribution < 1.29 is 0 Å². The number of hydrogen-bond acceptors (Lipinski definition) is 1. The fraction of sp³-hybridized carbons (Fsp3) is 0.111. The minimum Gasteiger partial charge on any atom is -0.330 e. The van der Waals surface area contributed by atoms with Gasteiger partial charge in [-0.05, 0) is 53.4 Å². The topological polar surface area (TPSA) is 26.0 Å². The first-order chi connectivity index (χ1) is 9.70. The van der Waals surface area contributed by atoms with Crippen molar-refractivity contribution in [1.29, 1.82) is 0 Å². The first kappa shape index (κ1) is 14.6. The van der Waals surface area contributed by atoms with Crippen LogP contribution < -0.4 is 5.73 Å². The number of halogens is 1. The molecule has 0 fully saturated rings. The van der Waals surface area contributed by atoms with E-state index >= 15 is 0 Å². The summed E-state index contributed by atoms with van der Waals surface area (Å²) in [6.45, 7) is 4.76. The Labute approximate surface area is 125 Å². The van der Waals surface area contributed by atoms with Gasteiger partial charge in [0.1, 0.15) is 0 Å². The Bertz CT molecular complexity index is 597. The van der Waals surface area contributed by atoms with Crippen molar-refractivity contribution in [3.8, 4) is 0 Å². The molecule has 2 heteroatoms. The number of rotatable bonds is 5. The van der Waals surface area contributed by atoms with Crippen molar-refractivity contribution in [2.24, 2.45) is 5.73 Å². The molecule has 102 valence electrons. The molecule has 0 saturated heterocycles. The average Bonchev–Trinajstić information content (AvgIpc) is 2.48. The molecule has 0 aliphatic rings. The summed E-state index contributed by atoms with van der Waals surface area (Å²) in [7, 11) is 0. The van der Waals surface area contributed by atoms with Gasteiger partial charge in [-0.3, -0.25) is 0 Å². The summed E-state index contributed by atoms with van der Waals surface area (Å²) in [5.41, 5.74) is 10.1. The van der Waals surface area contributed by atoms with E-state index < -0.39 is 0 Å². The number of benzene rings is 2. The Morgan fingerprint density at radius 2 is 1.70 bits per heavy atom. The highest BCUT2D eigenvalue weighted by Crippen LogP contribution is 2.26. The highest BCUT2D eigenvalue weighted by atomic mass is 35.5. The van der Waals surface area contributed by atoms with Crippen LogP contribution in [0, 0.1) is 0 Å². The van der Waals surface area contributed by atoms with E-state index in [9.17, 15) is 0 Å². The van der Waals surface area contributed by atoms with Crippen LogP contribution >= 0.6 is 11.6 Å². The van der Waals surface area contributed by atoms with Crippen molar-refractivity contribution in [3.05, 3.63) is 82.9 Å². The van der Waals surface area contributed by atoms with Crippen LogP contribution in [0.25, 0.3) is 11.6 Å². The molecule has 0 aromatic heterocycles. The van der Waals surface area contributed by atoms with Crippen LogP contribution in [0.15, 0.2) is 66.7 Å². The standard InChI is InChI=1S/C18H18ClN/c1-14(11-12-20)18(16-5-3-2-4-6-16)13-15-7-9-17(19)10-8-15/h2-10,13H,1,11-12,20H2/b18-13+. The maximum Gasteiger partial charge on any atom is 0.0406 e. The van der Waals surface area contributed by atoms with Gasteiger partial charge in [0.2, 0.25) is 0 Å². The Balaban J connectivity index is 2.41. The van der Waals surface area contributed by atoms with E-state index in [0.29, 0.717) is 6.54 Å².